The molecule has 4 N–H and O–H groups in total. The summed E-state index contributed by atoms with van der Waals surface area (Å²) in [6.07, 6.45) is 1.54. The average Bonchev–Trinajstić information content (AvgIpc) is 2.86. The molecule has 0 atom stereocenters. The van der Waals surface area contributed by atoms with Gasteiger partial charge in [0.25, 0.3) is 5.91 Å². The smallest absolute Gasteiger partial charge is 0.269 e. The van der Waals surface area contributed by atoms with Gasteiger partial charge in [-0.2, -0.15) is 5.10 Å². The van der Waals surface area contributed by atoms with Crippen LogP contribution in [0.5, 0.6) is 0 Å². The fourth-order valence-electron chi connectivity index (χ4n) is 2.14. The van der Waals surface area contributed by atoms with Crippen LogP contribution in [0.15, 0.2) is 24.4 Å². The average molecular weight is 317 g/mol. The van der Waals surface area contributed by atoms with Crippen molar-refractivity contribution < 1.29 is 4.79 Å². The summed E-state index contributed by atoms with van der Waals surface area (Å²) in [5, 5.41) is 10.6. The van der Waals surface area contributed by atoms with E-state index < -0.39 is 5.91 Å². The molecule has 0 fully saturated rings. The van der Waals surface area contributed by atoms with E-state index in [2.05, 4.69) is 15.7 Å². The van der Waals surface area contributed by atoms with Crippen LogP contribution >= 0.6 is 12.2 Å². The predicted octanol–water partition coefficient (Wildman–Crippen LogP) is 2.43. The Hall–Kier alpha value is -2.41. The van der Waals surface area contributed by atoms with Crippen molar-refractivity contribution in [3.63, 3.8) is 0 Å². The Kier molecular flexibility index (Phi) is 4.77. The van der Waals surface area contributed by atoms with Crippen LogP contribution in [0.3, 0.4) is 0 Å². The van der Waals surface area contributed by atoms with E-state index in [-0.39, 0.29) is 0 Å². The van der Waals surface area contributed by atoms with E-state index in [1.165, 1.54) is 10.2 Å². The quantitative estimate of drug-likeness (QED) is 0.754. The zero-order chi connectivity index (χ0) is 16.3. The molecule has 0 unspecified atom stereocenters. The van der Waals surface area contributed by atoms with Gasteiger partial charge in [0.2, 0.25) is 0 Å². The number of benzene rings is 1. The maximum atomic E-state index is 11.6. The third kappa shape index (κ3) is 3.25. The first kappa shape index (κ1) is 16.0. The molecule has 0 bridgehead atoms. The summed E-state index contributed by atoms with van der Waals surface area (Å²) in [4.78, 5) is 11.6. The summed E-state index contributed by atoms with van der Waals surface area (Å²) in [5.41, 5.74) is 9.42. The zero-order valence-electron chi connectivity index (χ0n) is 12.8. The van der Waals surface area contributed by atoms with Gasteiger partial charge < -0.3 is 16.4 Å². The second-order valence-electron chi connectivity index (χ2n) is 4.91. The predicted molar refractivity (Wildman–Crippen MR) is 92.2 cm³/mol. The van der Waals surface area contributed by atoms with Crippen molar-refractivity contribution in [2.24, 2.45) is 5.73 Å². The number of aryl methyl sites for hydroxylation is 2. The number of thiocarbonyl (C=S) groups is 1. The number of carbonyl (C=O) groups is 1. The summed E-state index contributed by atoms with van der Waals surface area (Å²) in [6.45, 7) is 6.49. The standard InChI is InChI=1S/C15H19N5OS/c1-4-20-13(14(16)21)12(8-17-20)19-15(22)18-11-7-5-6-9(2)10(11)3/h5-8H,4H2,1-3H3,(H2,16,21)(H2,18,19,22). The van der Waals surface area contributed by atoms with Crippen LogP contribution in [-0.2, 0) is 6.54 Å². The number of primary amides is 1. The largest absolute Gasteiger partial charge is 0.364 e. The molecule has 22 heavy (non-hydrogen) atoms. The number of amides is 1. The van der Waals surface area contributed by atoms with Crippen LogP contribution in [0.25, 0.3) is 0 Å². The number of rotatable bonds is 4. The van der Waals surface area contributed by atoms with Gasteiger partial charge >= 0.3 is 0 Å². The molecule has 0 aliphatic heterocycles. The molecule has 7 heteroatoms. The molecular weight excluding hydrogens is 298 g/mol. The Balaban J connectivity index is 2.18. The van der Waals surface area contributed by atoms with E-state index in [1.54, 1.807) is 6.20 Å². The summed E-state index contributed by atoms with van der Waals surface area (Å²) in [7, 11) is 0. The maximum Gasteiger partial charge on any atom is 0.269 e. The highest BCUT2D eigenvalue weighted by Gasteiger charge is 2.16. The number of nitrogens with one attached hydrogen (secondary N) is 2. The lowest BCUT2D eigenvalue weighted by Gasteiger charge is -2.13. The highest BCUT2D eigenvalue weighted by molar-refractivity contribution is 7.80. The molecule has 0 saturated carbocycles. The van der Waals surface area contributed by atoms with Crippen molar-refractivity contribution >= 4 is 34.6 Å². The van der Waals surface area contributed by atoms with Crippen molar-refractivity contribution in [3.05, 3.63) is 41.2 Å². The fourth-order valence-corrected chi connectivity index (χ4v) is 2.36. The molecular formula is C15H19N5OS. The molecule has 2 rings (SSSR count). The first-order valence-corrected chi connectivity index (χ1v) is 7.34. The van der Waals surface area contributed by atoms with Gasteiger partial charge in [-0.25, -0.2) is 0 Å². The van der Waals surface area contributed by atoms with Gasteiger partial charge in [-0.15, -0.1) is 0 Å². The Morgan fingerprint density at radius 1 is 1.32 bits per heavy atom. The Morgan fingerprint density at radius 3 is 2.64 bits per heavy atom. The van der Waals surface area contributed by atoms with Gasteiger partial charge in [-0.05, 0) is 50.2 Å². The van der Waals surface area contributed by atoms with Gasteiger partial charge in [0, 0.05) is 12.2 Å². The van der Waals surface area contributed by atoms with Crippen molar-refractivity contribution in [1.29, 1.82) is 0 Å². The molecule has 116 valence electrons. The lowest BCUT2D eigenvalue weighted by molar-refractivity contribution is 0.0991. The van der Waals surface area contributed by atoms with Crippen LogP contribution in [-0.4, -0.2) is 20.8 Å². The highest BCUT2D eigenvalue weighted by Crippen LogP contribution is 2.19. The molecule has 6 nitrogen and oxygen atoms in total. The van der Waals surface area contributed by atoms with E-state index in [0.29, 0.717) is 23.0 Å². The van der Waals surface area contributed by atoms with Crippen LogP contribution in [0.2, 0.25) is 0 Å². The molecule has 2 aromatic rings. The van der Waals surface area contributed by atoms with E-state index in [1.807, 2.05) is 39.0 Å². The number of aromatic nitrogens is 2. The van der Waals surface area contributed by atoms with Crippen LogP contribution in [0, 0.1) is 13.8 Å². The zero-order valence-corrected chi connectivity index (χ0v) is 13.6. The first-order chi connectivity index (χ1) is 10.4. The van der Waals surface area contributed by atoms with Gasteiger partial charge in [0.1, 0.15) is 5.69 Å². The molecule has 0 aliphatic carbocycles. The molecule has 0 aliphatic rings. The van der Waals surface area contributed by atoms with Crippen LogP contribution < -0.4 is 16.4 Å². The number of carbonyl (C=O) groups excluding carboxylic acids is 1. The van der Waals surface area contributed by atoms with Crippen LogP contribution in [0.1, 0.15) is 28.5 Å². The molecule has 1 heterocycles. The second-order valence-corrected chi connectivity index (χ2v) is 5.32. The lowest BCUT2D eigenvalue weighted by atomic mass is 10.1. The van der Waals surface area contributed by atoms with E-state index in [4.69, 9.17) is 18.0 Å². The molecule has 1 amide bonds. The number of nitrogens with two attached hydrogens (primary N) is 1. The first-order valence-electron chi connectivity index (χ1n) is 6.93. The van der Waals surface area contributed by atoms with E-state index >= 15 is 0 Å². The van der Waals surface area contributed by atoms with E-state index in [0.717, 1.165) is 11.3 Å². The van der Waals surface area contributed by atoms with Crippen molar-refractivity contribution in [1.82, 2.24) is 9.78 Å². The summed E-state index contributed by atoms with van der Waals surface area (Å²) in [6, 6.07) is 5.94. The number of nitrogens with zero attached hydrogens (tertiary/aromatic N) is 2. The monoisotopic (exact) mass is 317 g/mol. The van der Waals surface area contributed by atoms with Crippen LogP contribution in [0.4, 0.5) is 11.4 Å². The molecule has 0 saturated heterocycles. The number of hydrogen-bond acceptors (Lipinski definition) is 3. The SMILES string of the molecule is CCn1ncc(NC(=S)Nc2cccc(C)c2C)c1C(N)=O. The maximum absolute atomic E-state index is 11.6. The van der Waals surface area contributed by atoms with Crippen molar-refractivity contribution in [3.8, 4) is 0 Å². The van der Waals surface area contributed by atoms with Gasteiger partial charge in [-0.1, -0.05) is 12.1 Å². The fraction of sp³-hybridized carbons (Fsp3) is 0.267. The summed E-state index contributed by atoms with van der Waals surface area (Å²) >= 11 is 5.30. The topological polar surface area (TPSA) is 85.0 Å². The minimum absolute atomic E-state index is 0.313. The van der Waals surface area contributed by atoms with E-state index in [9.17, 15) is 4.79 Å². The Bertz CT molecular complexity index is 723. The summed E-state index contributed by atoms with van der Waals surface area (Å²) < 4.78 is 1.53. The third-order valence-electron chi connectivity index (χ3n) is 3.47. The normalized spacial score (nSPS) is 10.3. The van der Waals surface area contributed by atoms with Gasteiger partial charge in [-0.3, -0.25) is 9.48 Å². The van der Waals surface area contributed by atoms with Crippen molar-refractivity contribution in [2.75, 3.05) is 10.6 Å². The second kappa shape index (κ2) is 6.57. The molecule has 0 spiro atoms. The molecule has 1 aromatic carbocycles. The third-order valence-corrected chi connectivity index (χ3v) is 3.68. The number of anilines is 2. The van der Waals surface area contributed by atoms with Gasteiger partial charge in [0.15, 0.2) is 5.11 Å². The minimum atomic E-state index is -0.545. The highest BCUT2D eigenvalue weighted by atomic mass is 32.1. The molecule has 1 aromatic heterocycles. The number of hydrogen-bond donors (Lipinski definition) is 3. The van der Waals surface area contributed by atoms with Gasteiger partial charge in [0.05, 0.1) is 11.9 Å². The summed E-state index contributed by atoms with van der Waals surface area (Å²) in [5.74, 6) is -0.545. The van der Waals surface area contributed by atoms with Crippen molar-refractivity contribution in [2.45, 2.75) is 27.3 Å². The molecule has 0 radical (unpaired) electrons. The Morgan fingerprint density at radius 2 is 2.00 bits per heavy atom. The Labute approximate surface area is 134 Å². The minimum Gasteiger partial charge on any atom is -0.364 e. The lowest BCUT2D eigenvalue weighted by Crippen LogP contribution is -2.23.